The molecular weight excluding hydrogens is 607 g/mol. The molecule has 15 heteroatoms. The number of H-pyrrole nitrogens is 1. The fourth-order valence-electron chi connectivity index (χ4n) is 6.10. The molecule has 43 heavy (non-hydrogen) atoms. The van der Waals surface area contributed by atoms with E-state index in [1.165, 1.54) is 6.33 Å². The Kier molecular flexibility index (Phi) is 10.7. The van der Waals surface area contributed by atoms with E-state index in [-0.39, 0.29) is 51.1 Å². The van der Waals surface area contributed by atoms with Gasteiger partial charge in [-0.1, -0.05) is 69.2 Å². The molecule has 0 bridgehead atoms. The van der Waals surface area contributed by atoms with Crippen molar-refractivity contribution in [1.29, 1.82) is 0 Å². The summed E-state index contributed by atoms with van der Waals surface area (Å²) < 4.78 is 36.5. The zero-order valence-corrected chi connectivity index (χ0v) is 30.1. The van der Waals surface area contributed by atoms with E-state index < -0.39 is 47.2 Å². The number of imidazole rings is 1. The summed E-state index contributed by atoms with van der Waals surface area (Å²) in [6, 6.07) is 0. The molecule has 1 amide bonds. The van der Waals surface area contributed by atoms with Gasteiger partial charge >= 0.3 is 17.1 Å². The molecule has 4 heterocycles. The van der Waals surface area contributed by atoms with Gasteiger partial charge in [0.1, 0.15) is 18.3 Å². The molecule has 2 saturated heterocycles. The smallest absolute Gasteiger partial charge is 0.335 e. The van der Waals surface area contributed by atoms with Crippen molar-refractivity contribution in [2.45, 2.75) is 116 Å². The van der Waals surface area contributed by atoms with Crippen LogP contribution in [0.15, 0.2) is 11.1 Å². The van der Waals surface area contributed by atoms with Gasteiger partial charge in [-0.15, -0.1) is 11.8 Å². The largest absolute Gasteiger partial charge is 0.414 e. The van der Waals surface area contributed by atoms with Gasteiger partial charge in [-0.2, -0.15) is 4.98 Å². The van der Waals surface area contributed by atoms with Crippen LogP contribution in [-0.2, 0) is 27.2 Å². The zero-order valence-electron chi connectivity index (χ0n) is 27.3. The van der Waals surface area contributed by atoms with Crippen LogP contribution in [0.3, 0.4) is 0 Å². The Balaban J connectivity index is 1.83. The van der Waals surface area contributed by atoms with Crippen molar-refractivity contribution in [3.63, 3.8) is 0 Å². The summed E-state index contributed by atoms with van der Waals surface area (Å²) in [6.07, 6.45) is 1.30. The molecule has 0 aromatic carbocycles. The summed E-state index contributed by atoms with van der Waals surface area (Å²) in [5, 5.41) is 2.69. The Morgan fingerprint density at radius 3 is 2.28 bits per heavy atom. The van der Waals surface area contributed by atoms with Gasteiger partial charge in [0.2, 0.25) is 11.9 Å². The van der Waals surface area contributed by atoms with Gasteiger partial charge in [-0.3, -0.25) is 24.5 Å². The Labute approximate surface area is 260 Å². The molecule has 4 rings (SSSR count). The second kappa shape index (κ2) is 13.4. The third-order valence-corrected chi connectivity index (χ3v) is 19.1. The average molecular weight is 656 g/mol. The fraction of sp³-hybridized carbons (Fsp3) is 0.786. The second-order valence-electron chi connectivity index (χ2n) is 13.0. The Morgan fingerprint density at radius 1 is 1.09 bits per heavy atom. The van der Waals surface area contributed by atoms with Crippen LogP contribution in [-0.4, -0.2) is 79.7 Å². The lowest BCUT2D eigenvalue weighted by Gasteiger charge is -2.51. The van der Waals surface area contributed by atoms with E-state index in [1.807, 2.05) is 6.26 Å². The second-order valence-corrected chi connectivity index (χ2v) is 22.7. The first-order chi connectivity index (χ1) is 20.2. The van der Waals surface area contributed by atoms with E-state index in [0.29, 0.717) is 12.5 Å². The molecule has 2 aliphatic heterocycles. The highest BCUT2D eigenvalue weighted by atomic mass is 32.2. The molecule has 0 saturated carbocycles. The first kappa shape index (κ1) is 34.3. The number of anilines is 1. The number of fused-ring (bicyclic) bond motifs is 2. The average Bonchev–Trinajstić information content (AvgIpc) is 3.47. The summed E-state index contributed by atoms with van der Waals surface area (Å²) in [5.41, 5.74) is 0.635. The number of carbonyl (C=O) groups excluding carboxylic acids is 1. The van der Waals surface area contributed by atoms with Gasteiger partial charge in [0.05, 0.1) is 18.9 Å². The lowest BCUT2D eigenvalue weighted by atomic mass is 10.1. The summed E-state index contributed by atoms with van der Waals surface area (Å²) in [4.78, 5) is 36.9. The number of amides is 1. The molecule has 0 unspecified atom stereocenters. The number of nitrogens with zero attached hydrogens (tertiary/aromatic N) is 3. The number of aromatic amines is 1. The third kappa shape index (κ3) is 6.41. The first-order valence-corrected chi connectivity index (χ1v) is 20.6. The van der Waals surface area contributed by atoms with Gasteiger partial charge in [-0.25, -0.2) is 4.98 Å². The van der Waals surface area contributed by atoms with E-state index in [2.05, 4.69) is 75.7 Å². The van der Waals surface area contributed by atoms with Crippen molar-refractivity contribution < 1.29 is 27.2 Å². The molecule has 12 nitrogen and oxygen atoms in total. The molecule has 2 aromatic rings. The van der Waals surface area contributed by atoms with Gasteiger partial charge in [0.15, 0.2) is 17.4 Å². The zero-order chi connectivity index (χ0) is 31.9. The minimum atomic E-state index is -2.94. The van der Waals surface area contributed by atoms with E-state index in [0.717, 1.165) is 0 Å². The summed E-state index contributed by atoms with van der Waals surface area (Å²) in [7, 11) is -5.70. The highest BCUT2D eigenvalue weighted by molar-refractivity contribution is 7.98. The predicted molar refractivity (Wildman–Crippen MR) is 173 cm³/mol. The number of rotatable bonds is 10. The normalized spacial score (nSPS) is 25.6. The van der Waals surface area contributed by atoms with Gasteiger partial charge in [0.25, 0.3) is 5.56 Å². The summed E-state index contributed by atoms with van der Waals surface area (Å²) in [6.45, 7) is 21.3. The van der Waals surface area contributed by atoms with E-state index in [4.69, 9.17) is 22.4 Å². The van der Waals surface area contributed by atoms with Crippen molar-refractivity contribution in [2.24, 2.45) is 5.92 Å². The van der Waals surface area contributed by atoms with Crippen molar-refractivity contribution in [3.05, 3.63) is 16.7 Å². The van der Waals surface area contributed by atoms with Crippen LogP contribution >= 0.6 is 11.8 Å². The van der Waals surface area contributed by atoms with E-state index in [1.54, 1.807) is 30.2 Å². The van der Waals surface area contributed by atoms with E-state index >= 15 is 0 Å². The summed E-state index contributed by atoms with van der Waals surface area (Å²) >= 11 is 1.55. The SMILES string of the molecule is CSCO[C@@H]1[C@@H]2O[Si](C(C)C)(C(C)C)O[Si](C(C)C)(C(C)C)OC[C@H]2O[C@H]1n1cnc2c(=O)[nH]c(NC(=O)C(C)C)nc21. The van der Waals surface area contributed by atoms with Crippen molar-refractivity contribution in [3.8, 4) is 0 Å². The van der Waals surface area contributed by atoms with Gasteiger partial charge < -0.3 is 22.4 Å². The number of hydrogen-bond acceptors (Lipinski definition) is 10. The molecular formula is C28H49N5O7SSi2. The predicted octanol–water partition coefficient (Wildman–Crippen LogP) is 5.27. The van der Waals surface area contributed by atoms with Crippen LogP contribution in [0.2, 0.25) is 22.2 Å². The minimum Gasteiger partial charge on any atom is -0.414 e. The maximum atomic E-state index is 13.0. The van der Waals surface area contributed by atoms with E-state index in [9.17, 15) is 9.59 Å². The maximum Gasteiger partial charge on any atom is 0.335 e. The van der Waals surface area contributed by atoms with Crippen LogP contribution in [0.1, 0.15) is 75.5 Å². The molecule has 242 valence electrons. The van der Waals surface area contributed by atoms with Crippen molar-refractivity contribution in [1.82, 2.24) is 19.5 Å². The number of carbonyl (C=O) groups is 1. The van der Waals surface area contributed by atoms with Crippen LogP contribution in [0.5, 0.6) is 0 Å². The van der Waals surface area contributed by atoms with Gasteiger partial charge in [-0.05, 0) is 28.4 Å². The van der Waals surface area contributed by atoms with Gasteiger partial charge in [0, 0.05) is 5.92 Å². The monoisotopic (exact) mass is 655 g/mol. The number of thioether (sulfide) groups is 1. The highest BCUT2D eigenvalue weighted by Crippen LogP contribution is 2.49. The topological polar surface area (TPSA) is 139 Å². The molecule has 4 atom stereocenters. The van der Waals surface area contributed by atoms with Crippen molar-refractivity contribution >= 4 is 51.9 Å². The molecule has 2 aliphatic rings. The molecule has 0 radical (unpaired) electrons. The first-order valence-electron chi connectivity index (χ1n) is 15.2. The molecule has 2 N–H and O–H groups in total. The number of nitrogens with one attached hydrogen (secondary N) is 2. The highest BCUT2D eigenvalue weighted by Gasteiger charge is 2.62. The summed E-state index contributed by atoms with van der Waals surface area (Å²) in [5.74, 6) is -0.0961. The Bertz CT molecular complexity index is 1320. The minimum absolute atomic E-state index is 0.0484. The fourth-order valence-corrected chi connectivity index (χ4v) is 17.6. The third-order valence-electron chi connectivity index (χ3n) is 8.47. The lowest BCUT2D eigenvalue weighted by Crippen LogP contribution is -2.66. The van der Waals surface area contributed by atoms with Crippen LogP contribution in [0, 0.1) is 5.92 Å². The molecule has 2 aromatic heterocycles. The number of ether oxygens (including phenoxy) is 2. The Morgan fingerprint density at radius 2 is 1.72 bits per heavy atom. The molecule has 2 fully saturated rings. The quantitative estimate of drug-likeness (QED) is 0.257. The van der Waals surface area contributed by atoms with Crippen molar-refractivity contribution in [2.75, 3.05) is 24.1 Å². The number of aromatic nitrogens is 4. The maximum absolute atomic E-state index is 13.0. The Hall–Kier alpha value is -1.60. The molecule has 0 spiro atoms. The lowest BCUT2D eigenvalue weighted by molar-refractivity contribution is -0.118. The van der Waals surface area contributed by atoms with Crippen LogP contribution in [0.4, 0.5) is 5.95 Å². The van der Waals surface area contributed by atoms with Crippen LogP contribution in [0.25, 0.3) is 11.2 Å². The number of hydrogen-bond donors (Lipinski definition) is 2. The van der Waals surface area contributed by atoms with Crippen LogP contribution < -0.4 is 10.9 Å². The molecule has 0 aliphatic carbocycles. The standard InChI is InChI=1S/C28H49N5O7SSi2/c1-15(2)25(34)31-28-30-24-21(26(35)32-28)29-13-33(24)27-23(36-14-41-11)22-20(38-27)12-37-42(16(3)4,17(5)6)40-43(39-22,18(7)8)19(9)10/h13,15-20,22-23,27H,12,14H2,1-11H3,(H2,30,31,32,34,35)/t20-,22-,23-,27-/m1/s1.